The van der Waals surface area contributed by atoms with Gasteiger partial charge in [-0.15, -0.1) is 0 Å². The molecule has 0 aliphatic carbocycles. The highest BCUT2D eigenvalue weighted by Crippen LogP contribution is 2.39. The fourth-order valence-electron chi connectivity index (χ4n) is 0.738. The van der Waals surface area contributed by atoms with E-state index in [-0.39, 0.29) is 0 Å². The largest absolute Gasteiger partial charge is 0.805 e. The van der Waals surface area contributed by atoms with E-state index in [9.17, 15) is 9.35 Å². The highest BCUT2D eigenvalue weighted by molar-refractivity contribution is 8.41. The third-order valence-corrected chi connectivity index (χ3v) is 2.32. The molecular weight excluding hydrogens is 162 g/mol. The molecule has 0 aromatic heterocycles. The van der Waals surface area contributed by atoms with Crippen molar-refractivity contribution in [1.29, 1.82) is 0 Å². The van der Waals surface area contributed by atoms with Gasteiger partial charge in [0.1, 0.15) is 0 Å². The Morgan fingerprint density at radius 2 is 1.91 bits per heavy atom. The van der Waals surface area contributed by atoms with Gasteiger partial charge in [-0.3, -0.25) is 4.79 Å². The van der Waals surface area contributed by atoms with Gasteiger partial charge in [0.05, 0.1) is 0 Å². The summed E-state index contributed by atoms with van der Waals surface area (Å²) in [7, 11) is -2.79. The van der Waals surface area contributed by atoms with Crippen molar-refractivity contribution in [2.24, 2.45) is 0 Å². The summed E-state index contributed by atoms with van der Waals surface area (Å²) in [6.45, 7) is 4.76. The van der Waals surface area contributed by atoms with Crippen molar-refractivity contribution in [3.63, 3.8) is 0 Å². The van der Waals surface area contributed by atoms with Crippen LogP contribution >= 0.6 is 10.3 Å². The molecule has 4 heteroatoms. The van der Waals surface area contributed by atoms with Crippen LogP contribution in [0.1, 0.15) is 13.8 Å². The summed E-state index contributed by atoms with van der Waals surface area (Å²) >= 11 is 0. The Labute approximate surface area is 69.9 Å². The van der Waals surface area contributed by atoms with Gasteiger partial charge in [-0.05, 0) is 20.1 Å². The molecule has 3 nitrogen and oxygen atoms in total. The highest BCUT2D eigenvalue weighted by atomic mass is 32.3. The van der Waals surface area contributed by atoms with Gasteiger partial charge in [0, 0.05) is 19.3 Å². The minimum Gasteiger partial charge on any atom is -0.805 e. The quantitative estimate of drug-likeness (QED) is 0.642. The molecule has 1 unspecified atom stereocenters. The molecule has 2 radical (unpaired) electrons. The molecule has 1 amide bonds. The minimum atomic E-state index is -2.79. The van der Waals surface area contributed by atoms with Crippen LogP contribution in [0.15, 0.2) is 0 Å². The first kappa shape index (κ1) is 10.8. The van der Waals surface area contributed by atoms with Crippen molar-refractivity contribution in [2.45, 2.75) is 13.8 Å². The lowest BCUT2D eigenvalue weighted by atomic mass is 10.6. The standard InChI is InChI=1S/C7H15NO2S/c1-5-8(6-2)7(9)11(3,4)10/h3,10H,5-6H2,1-2,4H3/p-1. The van der Waals surface area contributed by atoms with Crippen LogP contribution in [0.2, 0.25) is 0 Å². The molecule has 0 N–H and O–H groups in total. The van der Waals surface area contributed by atoms with Crippen molar-refractivity contribution < 1.29 is 9.35 Å². The van der Waals surface area contributed by atoms with E-state index in [0.717, 1.165) is 0 Å². The molecule has 0 bridgehead atoms. The molecule has 0 aliphatic rings. The lowest BCUT2D eigenvalue weighted by molar-refractivity contribution is 0.225. The molecule has 66 valence electrons. The van der Waals surface area contributed by atoms with E-state index in [4.69, 9.17) is 6.26 Å². The zero-order chi connectivity index (χ0) is 9.07. The Hall–Kier alpha value is -0.220. The summed E-state index contributed by atoms with van der Waals surface area (Å²) in [5.74, 6) is 0. The molecule has 0 rings (SSSR count). The third kappa shape index (κ3) is 3.12. The molecule has 0 saturated carbocycles. The fraction of sp³-hybridized carbons (Fsp3) is 0.714. The Kier molecular flexibility index (Phi) is 3.89. The minimum absolute atomic E-state index is 0.456. The van der Waals surface area contributed by atoms with Gasteiger partial charge in [0.2, 0.25) is 0 Å². The van der Waals surface area contributed by atoms with Crippen LogP contribution in [0.25, 0.3) is 0 Å². The van der Waals surface area contributed by atoms with E-state index in [1.165, 1.54) is 11.2 Å². The zero-order valence-electron chi connectivity index (χ0n) is 7.16. The summed E-state index contributed by atoms with van der Waals surface area (Å²) in [4.78, 5) is 12.6. The molecule has 0 aromatic rings. The number of carbonyl (C=O) groups is 1. The van der Waals surface area contributed by atoms with Crippen LogP contribution in [-0.4, -0.2) is 34.0 Å². The molecule has 0 aliphatic heterocycles. The second-order valence-electron chi connectivity index (χ2n) is 2.34. The Morgan fingerprint density at radius 1 is 1.55 bits per heavy atom. The summed E-state index contributed by atoms with van der Waals surface area (Å²) in [6, 6.07) is 0. The van der Waals surface area contributed by atoms with E-state index < -0.39 is 15.5 Å². The number of hydrogen-bond donors (Lipinski definition) is 0. The summed E-state index contributed by atoms with van der Waals surface area (Å²) in [5, 5.41) is -0.456. The summed E-state index contributed by atoms with van der Waals surface area (Å²) < 4.78 is 11.0. The van der Waals surface area contributed by atoms with Gasteiger partial charge in [-0.2, -0.15) is 0 Å². The molecule has 0 heterocycles. The van der Waals surface area contributed by atoms with Gasteiger partial charge in [0.15, 0.2) is 0 Å². The van der Waals surface area contributed by atoms with Crippen molar-refractivity contribution in [1.82, 2.24) is 4.90 Å². The van der Waals surface area contributed by atoms with Crippen LogP contribution in [-0.2, 0) is 0 Å². The number of rotatable bonds is 2. The normalized spacial score (nSPS) is 12.8. The number of carbonyl (C=O) groups excluding carboxylic acids is 1. The maximum Gasteiger partial charge on any atom is 0.251 e. The summed E-state index contributed by atoms with van der Waals surface area (Å²) in [6.07, 6.45) is 6.43. The highest BCUT2D eigenvalue weighted by Gasteiger charge is 2.15. The van der Waals surface area contributed by atoms with Crippen LogP contribution in [0.4, 0.5) is 4.79 Å². The topological polar surface area (TPSA) is 43.4 Å². The van der Waals surface area contributed by atoms with Crippen LogP contribution in [0, 0.1) is 6.26 Å². The Morgan fingerprint density at radius 3 is 2.00 bits per heavy atom. The van der Waals surface area contributed by atoms with E-state index in [1.807, 2.05) is 13.8 Å². The molecule has 1 atom stereocenters. The molecule has 0 saturated heterocycles. The lowest BCUT2D eigenvalue weighted by Gasteiger charge is -2.39. The first-order valence-electron chi connectivity index (χ1n) is 3.49. The van der Waals surface area contributed by atoms with Crippen molar-refractivity contribution >= 4 is 15.5 Å². The van der Waals surface area contributed by atoms with Gasteiger partial charge < -0.3 is 9.45 Å². The first-order valence-corrected chi connectivity index (χ1v) is 5.52. The van der Waals surface area contributed by atoms with E-state index >= 15 is 0 Å². The third-order valence-electron chi connectivity index (χ3n) is 1.37. The van der Waals surface area contributed by atoms with Gasteiger partial charge in [-0.25, -0.2) is 10.3 Å². The predicted octanol–water partition coefficient (Wildman–Crippen LogP) is 1.68. The SMILES string of the molecule is [CH]S(C)([O-])C(=O)N(CC)CC. The number of amides is 1. The second-order valence-corrected chi connectivity index (χ2v) is 4.50. The first-order chi connectivity index (χ1) is 4.93. The van der Waals surface area contributed by atoms with Crippen LogP contribution in [0.5, 0.6) is 0 Å². The average molecular weight is 176 g/mol. The second kappa shape index (κ2) is 3.97. The van der Waals surface area contributed by atoms with Crippen molar-refractivity contribution in [3.8, 4) is 0 Å². The smallest absolute Gasteiger partial charge is 0.251 e. The number of nitrogens with zero attached hydrogens (tertiary/aromatic N) is 1. The predicted molar refractivity (Wildman–Crippen MR) is 46.9 cm³/mol. The molecular formula is C7H14NO2S-. The van der Waals surface area contributed by atoms with Gasteiger partial charge in [0.25, 0.3) is 5.24 Å². The summed E-state index contributed by atoms with van der Waals surface area (Å²) in [5.41, 5.74) is 0. The monoisotopic (exact) mass is 176 g/mol. The lowest BCUT2D eigenvalue weighted by Crippen LogP contribution is -2.31. The maximum absolute atomic E-state index is 11.2. The zero-order valence-corrected chi connectivity index (χ0v) is 7.98. The fourth-order valence-corrected chi connectivity index (χ4v) is 1.51. The average Bonchev–Trinajstić information content (AvgIpc) is 1.88. The number of hydrogen-bond acceptors (Lipinski definition) is 2. The van der Waals surface area contributed by atoms with Crippen molar-refractivity contribution in [2.75, 3.05) is 19.3 Å². The van der Waals surface area contributed by atoms with Gasteiger partial charge in [-0.1, -0.05) is 0 Å². The van der Waals surface area contributed by atoms with Gasteiger partial charge >= 0.3 is 0 Å². The molecule has 0 aromatic carbocycles. The van der Waals surface area contributed by atoms with Crippen molar-refractivity contribution in [3.05, 3.63) is 6.26 Å². The van der Waals surface area contributed by atoms with E-state index in [0.29, 0.717) is 13.1 Å². The van der Waals surface area contributed by atoms with E-state index in [2.05, 4.69) is 0 Å². The van der Waals surface area contributed by atoms with Crippen LogP contribution in [0.3, 0.4) is 0 Å². The Bertz CT molecular complexity index is 138. The van der Waals surface area contributed by atoms with E-state index in [1.54, 1.807) is 0 Å². The van der Waals surface area contributed by atoms with Crippen LogP contribution < -0.4 is 0 Å². The molecule has 0 fully saturated rings. The molecule has 0 spiro atoms. The Balaban J connectivity index is 4.22. The molecule has 11 heavy (non-hydrogen) atoms. The maximum atomic E-state index is 11.2.